The topological polar surface area (TPSA) is 130 Å². The van der Waals surface area contributed by atoms with Crippen LogP contribution in [0.25, 0.3) is 0 Å². The number of carbonyl (C=O) groups excluding carboxylic acids is 2. The number of nitro groups is 1. The van der Waals surface area contributed by atoms with Gasteiger partial charge in [-0.1, -0.05) is 83.9 Å². The summed E-state index contributed by atoms with van der Waals surface area (Å²) in [5, 5.41) is 15.0. The number of amides is 2. The molecule has 4 rings (SSSR count). The molecule has 0 aromatic heterocycles. The molecule has 0 bridgehead atoms. The van der Waals surface area contributed by atoms with Crippen molar-refractivity contribution in [2.75, 3.05) is 17.4 Å². The first-order valence-corrected chi connectivity index (χ1v) is 16.1. The number of hydrogen-bond acceptors (Lipinski definition) is 6. The van der Waals surface area contributed by atoms with Gasteiger partial charge in [-0.15, -0.1) is 0 Å². The fourth-order valence-electron chi connectivity index (χ4n) is 4.69. The van der Waals surface area contributed by atoms with Crippen LogP contribution in [0.4, 0.5) is 11.4 Å². The van der Waals surface area contributed by atoms with Crippen molar-refractivity contribution in [3.8, 4) is 0 Å². The Morgan fingerprint density at radius 3 is 2.20 bits per heavy atom. The summed E-state index contributed by atoms with van der Waals surface area (Å²) < 4.78 is 28.8. The highest BCUT2D eigenvalue weighted by molar-refractivity contribution is 7.92. The minimum atomic E-state index is -4.41. The molecule has 4 aromatic rings. The van der Waals surface area contributed by atoms with Crippen LogP contribution in [-0.2, 0) is 32.6 Å². The first kappa shape index (κ1) is 33.4. The van der Waals surface area contributed by atoms with Crippen LogP contribution < -0.4 is 9.62 Å². The molecule has 1 N–H and O–H groups in total. The minimum absolute atomic E-state index is 0.0940. The molecule has 1 atom stereocenters. The summed E-state index contributed by atoms with van der Waals surface area (Å²) in [5.74, 6) is -1.19. The number of hydrogen-bond donors (Lipinski definition) is 1. The smallest absolute Gasteiger partial charge is 0.271 e. The van der Waals surface area contributed by atoms with E-state index in [0.29, 0.717) is 10.6 Å². The van der Waals surface area contributed by atoms with Crippen LogP contribution in [0.1, 0.15) is 18.1 Å². The molecule has 234 valence electrons. The first-order valence-electron chi connectivity index (χ1n) is 13.9. The summed E-state index contributed by atoms with van der Waals surface area (Å²) in [6.45, 7) is 1.11. The van der Waals surface area contributed by atoms with E-state index in [1.807, 2.05) is 30.3 Å². The lowest BCUT2D eigenvalue weighted by atomic mass is 10.0. The molecule has 0 unspecified atom stereocenters. The van der Waals surface area contributed by atoms with Crippen LogP contribution in [0.15, 0.2) is 108 Å². The number of benzene rings is 4. The Hall–Kier alpha value is -4.45. The van der Waals surface area contributed by atoms with E-state index in [9.17, 15) is 28.1 Å². The van der Waals surface area contributed by atoms with Gasteiger partial charge in [-0.2, -0.15) is 0 Å². The third-order valence-corrected chi connectivity index (χ3v) is 9.29. The lowest BCUT2D eigenvalue weighted by Gasteiger charge is -2.34. The van der Waals surface area contributed by atoms with Crippen molar-refractivity contribution >= 4 is 56.4 Å². The molecule has 45 heavy (non-hydrogen) atoms. The lowest BCUT2D eigenvalue weighted by Crippen LogP contribution is -2.53. The molecular weight excluding hydrogens is 639 g/mol. The zero-order valence-electron chi connectivity index (χ0n) is 24.2. The fourth-order valence-corrected chi connectivity index (χ4v) is 6.58. The average molecular weight is 670 g/mol. The zero-order valence-corrected chi connectivity index (χ0v) is 26.5. The Morgan fingerprint density at radius 2 is 1.58 bits per heavy atom. The van der Waals surface area contributed by atoms with Gasteiger partial charge in [0.05, 0.1) is 15.5 Å². The van der Waals surface area contributed by atoms with Crippen molar-refractivity contribution in [3.05, 3.63) is 134 Å². The van der Waals surface area contributed by atoms with E-state index in [4.69, 9.17) is 23.2 Å². The maximum absolute atomic E-state index is 14.4. The zero-order chi connectivity index (χ0) is 32.6. The number of halogens is 2. The monoisotopic (exact) mass is 668 g/mol. The number of rotatable bonds is 13. The van der Waals surface area contributed by atoms with Crippen molar-refractivity contribution in [1.82, 2.24) is 10.2 Å². The number of non-ortho nitro benzene ring substituents is 1. The number of sulfonamides is 1. The predicted octanol–water partition coefficient (Wildman–Crippen LogP) is 5.87. The van der Waals surface area contributed by atoms with E-state index >= 15 is 0 Å². The molecule has 0 spiro atoms. The van der Waals surface area contributed by atoms with Crippen molar-refractivity contribution in [1.29, 1.82) is 0 Å². The first-order chi connectivity index (χ1) is 21.5. The van der Waals surface area contributed by atoms with Gasteiger partial charge >= 0.3 is 0 Å². The Morgan fingerprint density at radius 1 is 0.911 bits per heavy atom. The largest absolute Gasteiger partial charge is 0.355 e. The third kappa shape index (κ3) is 8.39. The second kappa shape index (κ2) is 15.0. The van der Waals surface area contributed by atoms with Crippen LogP contribution in [0.2, 0.25) is 10.0 Å². The van der Waals surface area contributed by atoms with Gasteiger partial charge in [0.1, 0.15) is 12.6 Å². The van der Waals surface area contributed by atoms with E-state index in [2.05, 4.69) is 5.32 Å². The fraction of sp³-hybridized carbons (Fsp3) is 0.188. The lowest BCUT2D eigenvalue weighted by molar-refractivity contribution is -0.384. The maximum Gasteiger partial charge on any atom is 0.271 e. The van der Waals surface area contributed by atoms with Gasteiger partial charge in [0.25, 0.3) is 15.7 Å². The van der Waals surface area contributed by atoms with Crippen LogP contribution in [0, 0.1) is 10.1 Å². The summed E-state index contributed by atoms with van der Waals surface area (Å²) in [6, 6.07) is 25.2. The van der Waals surface area contributed by atoms with Crippen molar-refractivity contribution in [2.24, 2.45) is 0 Å². The van der Waals surface area contributed by atoms with Crippen LogP contribution >= 0.6 is 23.2 Å². The van der Waals surface area contributed by atoms with Gasteiger partial charge < -0.3 is 10.2 Å². The molecule has 13 heteroatoms. The molecule has 0 aliphatic rings. The second-order valence-electron chi connectivity index (χ2n) is 9.96. The van der Waals surface area contributed by atoms with Crippen LogP contribution in [0.3, 0.4) is 0 Å². The van der Waals surface area contributed by atoms with Gasteiger partial charge in [-0.25, -0.2) is 8.42 Å². The number of carbonyl (C=O) groups is 2. The molecule has 0 fully saturated rings. The van der Waals surface area contributed by atoms with Crippen molar-refractivity contribution in [2.45, 2.75) is 30.8 Å². The maximum atomic E-state index is 14.4. The van der Waals surface area contributed by atoms with Crippen molar-refractivity contribution < 1.29 is 22.9 Å². The minimum Gasteiger partial charge on any atom is -0.355 e. The number of nitrogens with zero attached hydrogens (tertiary/aromatic N) is 3. The Kier molecular flexibility index (Phi) is 11.2. The van der Waals surface area contributed by atoms with Crippen molar-refractivity contribution in [3.63, 3.8) is 0 Å². The molecule has 0 saturated carbocycles. The molecule has 0 aliphatic carbocycles. The molecule has 4 aromatic carbocycles. The van der Waals surface area contributed by atoms with Gasteiger partial charge in [-0.3, -0.25) is 24.0 Å². The van der Waals surface area contributed by atoms with E-state index in [1.165, 1.54) is 53.4 Å². The molecule has 2 amide bonds. The van der Waals surface area contributed by atoms with Crippen LogP contribution in [-0.4, -0.2) is 49.2 Å². The average Bonchev–Trinajstić information content (AvgIpc) is 3.03. The molecular formula is C32H30Cl2N4O6S. The van der Waals surface area contributed by atoms with Gasteiger partial charge in [0.2, 0.25) is 11.8 Å². The summed E-state index contributed by atoms with van der Waals surface area (Å²) in [5.41, 5.74) is 0.789. The highest BCUT2D eigenvalue weighted by Gasteiger charge is 2.35. The molecule has 0 heterocycles. The van der Waals surface area contributed by atoms with E-state index < -0.39 is 39.3 Å². The molecule has 0 radical (unpaired) electrons. The molecule has 10 nitrogen and oxygen atoms in total. The summed E-state index contributed by atoms with van der Waals surface area (Å²) >= 11 is 12.6. The number of likely N-dealkylation sites (N-methyl/N-ethyl adjacent to an activating group) is 1. The summed E-state index contributed by atoms with van der Waals surface area (Å²) in [4.78, 5) is 40.0. The van der Waals surface area contributed by atoms with Crippen LogP contribution in [0.5, 0.6) is 0 Å². The third-order valence-electron chi connectivity index (χ3n) is 6.92. The highest BCUT2D eigenvalue weighted by atomic mass is 35.5. The second-order valence-corrected chi connectivity index (χ2v) is 12.7. The number of anilines is 1. The SMILES string of the molecule is CCNC(=O)[C@H](Cc1ccccc1)N(Cc1ccc(Cl)cc1Cl)C(=O)CN(c1cccc([N+](=O)[O-])c1)S(=O)(=O)c1ccccc1. The molecule has 0 saturated heterocycles. The quantitative estimate of drug-likeness (QED) is 0.140. The van der Waals surface area contributed by atoms with Gasteiger partial charge in [-0.05, 0) is 48.4 Å². The predicted molar refractivity (Wildman–Crippen MR) is 174 cm³/mol. The standard InChI is InChI=1S/C32H30Cl2N4O6S/c1-2-35-32(40)30(18-23-10-5-3-6-11-23)36(21-24-16-17-25(33)19-29(24)34)31(39)22-37(26-12-9-13-27(20-26)38(41)42)45(43,44)28-14-7-4-8-15-28/h3-17,19-20,30H,2,18,21-22H2,1H3,(H,35,40)/t30-/m0/s1. The normalized spacial score (nSPS) is 11.8. The Bertz CT molecular complexity index is 1780. The Balaban J connectivity index is 1.84. The molecule has 0 aliphatic heterocycles. The van der Waals surface area contributed by atoms with E-state index in [-0.39, 0.29) is 40.8 Å². The Labute approximate surface area is 271 Å². The van der Waals surface area contributed by atoms with Gasteiger partial charge in [0.15, 0.2) is 0 Å². The van der Waals surface area contributed by atoms with Gasteiger partial charge in [0, 0.05) is 41.7 Å². The summed E-state index contributed by atoms with van der Waals surface area (Å²) in [6.07, 6.45) is 0.117. The number of nitrogens with one attached hydrogen (secondary N) is 1. The number of nitro benzene ring substituents is 1. The van der Waals surface area contributed by atoms with E-state index in [0.717, 1.165) is 15.9 Å². The highest BCUT2D eigenvalue weighted by Crippen LogP contribution is 2.29. The van der Waals surface area contributed by atoms with E-state index in [1.54, 1.807) is 25.1 Å². The summed E-state index contributed by atoms with van der Waals surface area (Å²) in [7, 11) is -4.41.